The number of carbonyl (C=O) groups excluding carboxylic acids is 2. The van der Waals surface area contributed by atoms with Gasteiger partial charge in [-0.1, -0.05) is 0 Å². The molecule has 0 radical (unpaired) electrons. The van der Waals surface area contributed by atoms with Crippen LogP contribution in [0, 0.1) is 10.1 Å². The van der Waals surface area contributed by atoms with Gasteiger partial charge in [0, 0.05) is 12.6 Å². The van der Waals surface area contributed by atoms with E-state index in [1.54, 1.807) is 4.90 Å². The Balaban J connectivity index is 1.62. The van der Waals surface area contributed by atoms with Gasteiger partial charge in [0.2, 0.25) is 11.8 Å². The van der Waals surface area contributed by atoms with Crippen LogP contribution in [0.4, 0.5) is 5.69 Å². The van der Waals surface area contributed by atoms with Crippen LogP contribution in [0.25, 0.3) is 0 Å². The molecule has 1 aromatic heterocycles. The van der Waals surface area contributed by atoms with Crippen molar-refractivity contribution < 1.29 is 14.5 Å². The molecule has 0 bridgehead atoms. The Morgan fingerprint density at radius 1 is 1.41 bits per heavy atom. The molecule has 2 amide bonds. The summed E-state index contributed by atoms with van der Waals surface area (Å²) in [6, 6.07) is -0.169. The van der Waals surface area contributed by atoms with Crippen molar-refractivity contribution >= 4 is 17.5 Å². The van der Waals surface area contributed by atoms with Crippen LogP contribution in [0.1, 0.15) is 25.7 Å². The van der Waals surface area contributed by atoms with Gasteiger partial charge in [0.25, 0.3) is 0 Å². The Morgan fingerprint density at radius 2 is 2.18 bits per heavy atom. The van der Waals surface area contributed by atoms with E-state index in [1.165, 1.54) is 10.9 Å². The standard InChI is InChI=1S/C13H17N5O4/c19-12(8-16-7-10(6-14-16)18(21)22)17-5-1-2-11(17)13(20)15-9-3-4-9/h6-7,9,11H,1-5,8H2,(H,15,20). The van der Waals surface area contributed by atoms with Gasteiger partial charge in [-0.25, -0.2) is 0 Å². The third kappa shape index (κ3) is 3.07. The lowest BCUT2D eigenvalue weighted by molar-refractivity contribution is -0.385. The van der Waals surface area contributed by atoms with E-state index < -0.39 is 11.0 Å². The van der Waals surface area contributed by atoms with Crippen molar-refractivity contribution in [2.45, 2.75) is 44.3 Å². The number of rotatable bonds is 5. The molecule has 1 aliphatic heterocycles. The summed E-state index contributed by atoms with van der Waals surface area (Å²) in [4.78, 5) is 36.1. The van der Waals surface area contributed by atoms with Gasteiger partial charge in [0.1, 0.15) is 25.0 Å². The van der Waals surface area contributed by atoms with E-state index >= 15 is 0 Å². The summed E-state index contributed by atoms with van der Waals surface area (Å²) in [5.74, 6) is -0.341. The molecule has 0 spiro atoms. The average Bonchev–Trinajstić information content (AvgIpc) is 2.99. The first-order chi connectivity index (χ1) is 10.5. The van der Waals surface area contributed by atoms with E-state index in [2.05, 4.69) is 10.4 Å². The van der Waals surface area contributed by atoms with Crippen molar-refractivity contribution in [1.82, 2.24) is 20.0 Å². The van der Waals surface area contributed by atoms with Crippen molar-refractivity contribution in [1.29, 1.82) is 0 Å². The van der Waals surface area contributed by atoms with E-state index in [9.17, 15) is 19.7 Å². The van der Waals surface area contributed by atoms with Crippen LogP contribution in [0.15, 0.2) is 12.4 Å². The number of amides is 2. The summed E-state index contributed by atoms with van der Waals surface area (Å²) in [5.41, 5.74) is -0.155. The largest absolute Gasteiger partial charge is 0.352 e. The van der Waals surface area contributed by atoms with Crippen LogP contribution in [0.3, 0.4) is 0 Å². The van der Waals surface area contributed by atoms with Crippen LogP contribution in [0.5, 0.6) is 0 Å². The molecule has 9 heteroatoms. The van der Waals surface area contributed by atoms with Crippen molar-refractivity contribution in [3.8, 4) is 0 Å². The average molecular weight is 307 g/mol. The molecule has 9 nitrogen and oxygen atoms in total. The molecule has 1 aliphatic carbocycles. The molecule has 1 N–H and O–H groups in total. The zero-order valence-corrected chi connectivity index (χ0v) is 12.0. The molecular formula is C13H17N5O4. The predicted octanol–water partition coefficient (Wildman–Crippen LogP) is 0.0609. The number of nitro groups is 1. The fourth-order valence-corrected chi connectivity index (χ4v) is 2.63. The quantitative estimate of drug-likeness (QED) is 0.611. The molecule has 0 aromatic carbocycles. The highest BCUT2D eigenvalue weighted by Crippen LogP contribution is 2.22. The zero-order valence-electron chi connectivity index (χ0n) is 12.0. The predicted molar refractivity (Wildman–Crippen MR) is 74.8 cm³/mol. The highest BCUT2D eigenvalue weighted by molar-refractivity contribution is 5.88. The van der Waals surface area contributed by atoms with E-state index in [1.807, 2.05) is 0 Å². The molecule has 1 atom stereocenters. The van der Waals surface area contributed by atoms with Gasteiger partial charge >= 0.3 is 5.69 Å². The minimum atomic E-state index is -0.560. The second kappa shape index (κ2) is 5.74. The van der Waals surface area contributed by atoms with Crippen LogP contribution in [-0.4, -0.2) is 50.0 Å². The monoisotopic (exact) mass is 307 g/mol. The lowest BCUT2D eigenvalue weighted by Crippen LogP contribution is -2.47. The molecule has 2 aliphatic rings. The van der Waals surface area contributed by atoms with Crippen molar-refractivity contribution in [3.63, 3.8) is 0 Å². The summed E-state index contributed by atoms with van der Waals surface area (Å²) in [6.07, 6.45) is 5.77. The minimum absolute atomic E-state index is 0.0962. The number of carbonyl (C=O) groups is 2. The third-order valence-electron chi connectivity index (χ3n) is 3.93. The molecular weight excluding hydrogens is 290 g/mol. The van der Waals surface area contributed by atoms with Gasteiger partial charge in [-0.2, -0.15) is 5.10 Å². The number of hydrogen-bond donors (Lipinski definition) is 1. The maximum atomic E-state index is 12.3. The highest BCUT2D eigenvalue weighted by atomic mass is 16.6. The molecule has 2 fully saturated rings. The fraction of sp³-hybridized carbons (Fsp3) is 0.615. The second-order valence-electron chi connectivity index (χ2n) is 5.68. The normalized spacial score (nSPS) is 20.9. The molecule has 1 saturated carbocycles. The lowest BCUT2D eigenvalue weighted by atomic mass is 10.2. The number of hydrogen-bond acceptors (Lipinski definition) is 5. The SMILES string of the molecule is O=C(NC1CC1)C1CCCN1C(=O)Cn1cc([N+](=O)[O-])cn1. The van der Waals surface area contributed by atoms with Gasteiger partial charge < -0.3 is 10.2 Å². The van der Waals surface area contributed by atoms with Gasteiger partial charge in [0.05, 0.1) is 4.92 Å². The molecule has 3 rings (SSSR count). The Labute approximate surface area is 126 Å². The fourth-order valence-electron chi connectivity index (χ4n) is 2.63. The summed E-state index contributed by atoms with van der Waals surface area (Å²) < 4.78 is 1.23. The number of nitrogens with zero attached hydrogens (tertiary/aromatic N) is 4. The third-order valence-corrected chi connectivity index (χ3v) is 3.93. The van der Waals surface area contributed by atoms with Gasteiger partial charge in [-0.3, -0.25) is 24.4 Å². The smallest absolute Gasteiger partial charge is 0.307 e. The highest BCUT2D eigenvalue weighted by Gasteiger charge is 2.36. The Morgan fingerprint density at radius 3 is 2.82 bits per heavy atom. The zero-order chi connectivity index (χ0) is 15.7. The van der Waals surface area contributed by atoms with E-state index in [-0.39, 0.29) is 30.1 Å². The van der Waals surface area contributed by atoms with Crippen molar-refractivity contribution in [2.24, 2.45) is 0 Å². The maximum Gasteiger partial charge on any atom is 0.307 e. The maximum absolute atomic E-state index is 12.3. The van der Waals surface area contributed by atoms with E-state index in [0.717, 1.165) is 25.5 Å². The van der Waals surface area contributed by atoms with Crippen LogP contribution in [-0.2, 0) is 16.1 Å². The molecule has 22 heavy (non-hydrogen) atoms. The van der Waals surface area contributed by atoms with Crippen LogP contribution in [0.2, 0.25) is 0 Å². The van der Waals surface area contributed by atoms with Crippen molar-refractivity contribution in [3.05, 3.63) is 22.5 Å². The van der Waals surface area contributed by atoms with Crippen molar-refractivity contribution in [2.75, 3.05) is 6.54 Å². The first-order valence-corrected chi connectivity index (χ1v) is 7.31. The van der Waals surface area contributed by atoms with E-state index in [4.69, 9.17) is 0 Å². The Kier molecular flexibility index (Phi) is 3.78. The van der Waals surface area contributed by atoms with E-state index in [0.29, 0.717) is 13.0 Å². The molecule has 1 saturated heterocycles. The van der Waals surface area contributed by atoms with Gasteiger partial charge in [-0.15, -0.1) is 0 Å². The number of likely N-dealkylation sites (tertiary alicyclic amines) is 1. The summed E-state index contributed by atoms with van der Waals surface area (Å²) in [6.45, 7) is 0.437. The molecule has 2 heterocycles. The first kappa shape index (κ1) is 14.5. The second-order valence-corrected chi connectivity index (χ2v) is 5.68. The Bertz CT molecular complexity index is 609. The topological polar surface area (TPSA) is 110 Å². The van der Waals surface area contributed by atoms with Gasteiger partial charge in [-0.05, 0) is 25.7 Å². The first-order valence-electron chi connectivity index (χ1n) is 7.31. The minimum Gasteiger partial charge on any atom is -0.352 e. The summed E-state index contributed by atoms with van der Waals surface area (Å²) >= 11 is 0. The molecule has 1 aromatic rings. The van der Waals surface area contributed by atoms with Crippen LogP contribution < -0.4 is 5.32 Å². The summed E-state index contributed by atoms with van der Waals surface area (Å²) in [5, 5.41) is 17.3. The Hall–Kier alpha value is -2.45. The number of aromatic nitrogens is 2. The summed E-state index contributed by atoms with van der Waals surface area (Å²) in [7, 11) is 0. The van der Waals surface area contributed by atoms with Crippen LogP contribution >= 0.6 is 0 Å². The number of nitrogens with one attached hydrogen (secondary N) is 1. The molecule has 1 unspecified atom stereocenters. The van der Waals surface area contributed by atoms with Gasteiger partial charge in [0.15, 0.2) is 0 Å². The molecule has 118 valence electrons. The lowest BCUT2D eigenvalue weighted by Gasteiger charge is -2.23.